The molecule has 57 valence electrons. The van der Waals surface area contributed by atoms with Crippen molar-refractivity contribution in [1.29, 1.82) is 0 Å². The molecule has 1 aliphatic heterocycles. The van der Waals surface area contributed by atoms with E-state index in [-0.39, 0.29) is 0 Å². The summed E-state index contributed by atoms with van der Waals surface area (Å²) >= 11 is 0. The quantitative estimate of drug-likeness (QED) is 0.600. The first kappa shape index (κ1) is 7.56. The van der Waals surface area contributed by atoms with E-state index < -0.39 is 12.6 Å². The van der Waals surface area contributed by atoms with E-state index in [2.05, 4.69) is 16.1 Å². The molecule has 0 fully saturated rings. The standard InChI is InChI=1S/C5H5F3NO/c6-5(7,8)10-4-2-1-3-9-4/h2,4,9H,3H2. The van der Waals surface area contributed by atoms with Crippen LogP contribution < -0.4 is 5.32 Å². The van der Waals surface area contributed by atoms with E-state index in [1.165, 1.54) is 6.08 Å². The highest BCUT2D eigenvalue weighted by atomic mass is 19.4. The van der Waals surface area contributed by atoms with Crippen molar-refractivity contribution in [2.45, 2.75) is 12.6 Å². The minimum Gasteiger partial charge on any atom is -0.284 e. The van der Waals surface area contributed by atoms with E-state index in [0.717, 1.165) is 0 Å². The van der Waals surface area contributed by atoms with Crippen LogP contribution in [0.1, 0.15) is 0 Å². The van der Waals surface area contributed by atoms with Gasteiger partial charge in [-0.15, -0.1) is 13.2 Å². The van der Waals surface area contributed by atoms with E-state index in [1.54, 1.807) is 0 Å². The van der Waals surface area contributed by atoms with Gasteiger partial charge in [0.15, 0.2) is 0 Å². The third kappa shape index (κ3) is 2.36. The highest BCUT2D eigenvalue weighted by Crippen LogP contribution is 2.18. The molecule has 1 radical (unpaired) electrons. The van der Waals surface area contributed by atoms with Crippen LogP contribution in [0.3, 0.4) is 0 Å². The number of hydrogen-bond acceptors (Lipinski definition) is 2. The Kier molecular flexibility index (Phi) is 1.96. The van der Waals surface area contributed by atoms with Crippen LogP contribution in [0, 0.1) is 6.08 Å². The summed E-state index contributed by atoms with van der Waals surface area (Å²) in [5.41, 5.74) is 0. The molecule has 0 saturated heterocycles. The summed E-state index contributed by atoms with van der Waals surface area (Å²) in [6.45, 7) is 0.306. The van der Waals surface area contributed by atoms with Gasteiger partial charge in [0.1, 0.15) is 6.23 Å². The van der Waals surface area contributed by atoms with E-state index >= 15 is 0 Å². The van der Waals surface area contributed by atoms with Crippen molar-refractivity contribution in [1.82, 2.24) is 5.32 Å². The van der Waals surface area contributed by atoms with Crippen LogP contribution in [0.2, 0.25) is 0 Å². The molecule has 2 nitrogen and oxygen atoms in total. The molecule has 0 aromatic heterocycles. The van der Waals surface area contributed by atoms with Crippen LogP contribution in [0.5, 0.6) is 0 Å². The van der Waals surface area contributed by atoms with Crippen molar-refractivity contribution in [2.24, 2.45) is 0 Å². The summed E-state index contributed by atoms with van der Waals surface area (Å²) in [6.07, 6.45) is -1.89. The van der Waals surface area contributed by atoms with Gasteiger partial charge in [-0.05, 0) is 12.2 Å². The molecule has 0 saturated carbocycles. The SMILES string of the molecule is FC(F)(F)OC1C=[C]CN1. The van der Waals surface area contributed by atoms with Gasteiger partial charge in [0.2, 0.25) is 0 Å². The molecule has 1 atom stereocenters. The van der Waals surface area contributed by atoms with Gasteiger partial charge in [-0.2, -0.15) is 0 Å². The molecular formula is C5H5F3NO. The second kappa shape index (κ2) is 2.59. The topological polar surface area (TPSA) is 21.3 Å². The molecular weight excluding hydrogens is 147 g/mol. The first-order chi connectivity index (χ1) is 4.58. The highest BCUT2D eigenvalue weighted by molar-refractivity contribution is 4.91. The Labute approximate surface area is 55.7 Å². The Bertz CT molecular complexity index is 142. The Balaban J connectivity index is 2.31. The molecule has 0 spiro atoms. The smallest absolute Gasteiger partial charge is 0.284 e. The molecule has 0 aliphatic carbocycles. The zero-order valence-corrected chi connectivity index (χ0v) is 4.90. The minimum atomic E-state index is -4.57. The molecule has 1 rings (SSSR count). The molecule has 10 heavy (non-hydrogen) atoms. The van der Waals surface area contributed by atoms with Crippen LogP contribution in [0.15, 0.2) is 6.08 Å². The molecule has 5 heteroatoms. The van der Waals surface area contributed by atoms with Crippen molar-refractivity contribution in [3.05, 3.63) is 12.2 Å². The summed E-state index contributed by atoms with van der Waals surface area (Å²) in [4.78, 5) is 0. The molecule has 0 bridgehead atoms. The predicted molar refractivity (Wildman–Crippen MR) is 26.7 cm³/mol. The summed E-state index contributed by atoms with van der Waals surface area (Å²) in [5, 5.41) is 2.40. The van der Waals surface area contributed by atoms with Crippen LogP contribution in [0.25, 0.3) is 0 Å². The van der Waals surface area contributed by atoms with Crippen molar-refractivity contribution >= 4 is 0 Å². The second-order valence-corrected chi connectivity index (χ2v) is 1.74. The predicted octanol–water partition coefficient (Wildman–Crippen LogP) is 0.811. The molecule has 1 unspecified atom stereocenters. The van der Waals surface area contributed by atoms with Crippen molar-refractivity contribution < 1.29 is 17.9 Å². The van der Waals surface area contributed by atoms with Crippen LogP contribution in [-0.4, -0.2) is 19.1 Å². The number of nitrogens with one attached hydrogen (secondary N) is 1. The molecule has 1 heterocycles. The van der Waals surface area contributed by atoms with Gasteiger partial charge >= 0.3 is 6.36 Å². The average molecular weight is 152 g/mol. The number of halogens is 3. The fraction of sp³-hybridized carbons (Fsp3) is 0.600. The fourth-order valence-corrected chi connectivity index (χ4v) is 0.604. The Hall–Kier alpha value is -0.550. The molecule has 1 aliphatic rings. The van der Waals surface area contributed by atoms with Gasteiger partial charge in [-0.1, -0.05) is 0 Å². The van der Waals surface area contributed by atoms with Gasteiger partial charge in [-0.3, -0.25) is 10.1 Å². The molecule has 1 N–H and O–H groups in total. The largest absolute Gasteiger partial charge is 0.524 e. The first-order valence-corrected chi connectivity index (χ1v) is 2.62. The zero-order valence-electron chi connectivity index (χ0n) is 4.90. The minimum absolute atomic E-state index is 0.306. The number of hydrogen-bond donors (Lipinski definition) is 1. The normalized spacial score (nSPS) is 25.7. The Morgan fingerprint density at radius 3 is 2.70 bits per heavy atom. The van der Waals surface area contributed by atoms with Gasteiger partial charge in [0, 0.05) is 6.54 Å². The highest BCUT2D eigenvalue weighted by Gasteiger charge is 2.33. The molecule has 0 aromatic carbocycles. The summed E-state index contributed by atoms with van der Waals surface area (Å²) < 4.78 is 37.8. The van der Waals surface area contributed by atoms with Crippen LogP contribution in [-0.2, 0) is 4.74 Å². The fourth-order valence-electron chi connectivity index (χ4n) is 0.604. The number of rotatable bonds is 1. The first-order valence-electron chi connectivity index (χ1n) is 2.62. The summed E-state index contributed by atoms with van der Waals surface area (Å²) in [7, 11) is 0. The third-order valence-electron chi connectivity index (χ3n) is 0.935. The maximum Gasteiger partial charge on any atom is 0.524 e. The van der Waals surface area contributed by atoms with Crippen molar-refractivity contribution in [3.8, 4) is 0 Å². The molecule has 0 amide bonds. The lowest BCUT2D eigenvalue weighted by Gasteiger charge is -2.12. The maximum absolute atomic E-state index is 11.4. The Morgan fingerprint density at radius 1 is 1.60 bits per heavy atom. The lowest BCUT2D eigenvalue weighted by atomic mass is 10.5. The lowest BCUT2D eigenvalue weighted by molar-refractivity contribution is -0.338. The zero-order chi connectivity index (χ0) is 7.61. The number of ether oxygens (including phenoxy) is 1. The van der Waals surface area contributed by atoms with E-state index in [4.69, 9.17) is 0 Å². The molecule has 0 aromatic rings. The maximum atomic E-state index is 11.4. The summed E-state index contributed by atoms with van der Waals surface area (Å²) in [5.74, 6) is 0. The average Bonchev–Trinajstić information content (AvgIpc) is 2.12. The Morgan fingerprint density at radius 2 is 2.30 bits per heavy atom. The summed E-state index contributed by atoms with van der Waals surface area (Å²) in [6, 6.07) is 0. The van der Waals surface area contributed by atoms with Gasteiger partial charge in [0.05, 0.1) is 0 Å². The van der Waals surface area contributed by atoms with Crippen molar-refractivity contribution in [3.63, 3.8) is 0 Å². The van der Waals surface area contributed by atoms with Gasteiger partial charge in [-0.25, -0.2) is 0 Å². The monoisotopic (exact) mass is 152 g/mol. The third-order valence-corrected chi connectivity index (χ3v) is 0.935. The van der Waals surface area contributed by atoms with E-state index in [0.29, 0.717) is 6.54 Å². The van der Waals surface area contributed by atoms with Gasteiger partial charge < -0.3 is 0 Å². The van der Waals surface area contributed by atoms with Gasteiger partial charge in [0.25, 0.3) is 0 Å². The van der Waals surface area contributed by atoms with E-state index in [1.807, 2.05) is 0 Å². The van der Waals surface area contributed by atoms with Crippen LogP contribution >= 0.6 is 0 Å². The van der Waals surface area contributed by atoms with Crippen molar-refractivity contribution in [2.75, 3.05) is 6.54 Å². The second-order valence-electron chi connectivity index (χ2n) is 1.74. The van der Waals surface area contributed by atoms with E-state index in [9.17, 15) is 13.2 Å². The number of alkyl halides is 3. The van der Waals surface area contributed by atoms with Crippen LogP contribution in [0.4, 0.5) is 13.2 Å². The lowest BCUT2D eigenvalue weighted by Crippen LogP contribution is -2.31.